The molecule has 0 aliphatic carbocycles. The summed E-state index contributed by atoms with van der Waals surface area (Å²) in [5.41, 5.74) is -0.629. The summed E-state index contributed by atoms with van der Waals surface area (Å²) < 4.78 is 28.5. The van der Waals surface area contributed by atoms with E-state index in [2.05, 4.69) is 14.7 Å². The molecule has 1 saturated heterocycles. The minimum absolute atomic E-state index is 0.0676. The normalized spacial score (nSPS) is 22.1. The number of hydrogen-bond acceptors (Lipinski definition) is 12. The summed E-state index contributed by atoms with van der Waals surface area (Å²) in [5, 5.41) is 0. The molecule has 0 saturated carbocycles. The third-order valence-corrected chi connectivity index (χ3v) is 4.69. The van der Waals surface area contributed by atoms with Crippen molar-refractivity contribution in [1.29, 1.82) is 0 Å². The number of fused-ring (bicyclic) bond motifs is 1. The van der Waals surface area contributed by atoms with E-state index in [1.165, 1.54) is 31.9 Å². The second-order valence-corrected chi connectivity index (χ2v) is 7.09. The number of methoxy groups -OCH3 is 1. The van der Waals surface area contributed by atoms with Gasteiger partial charge < -0.3 is 23.7 Å². The zero-order chi connectivity index (χ0) is 24.3. The largest absolute Gasteiger partial charge is 0.468 e. The fourth-order valence-corrected chi connectivity index (χ4v) is 3.37. The van der Waals surface area contributed by atoms with Gasteiger partial charge in [-0.25, -0.2) is 9.97 Å². The molecule has 178 valence electrons. The van der Waals surface area contributed by atoms with Crippen LogP contribution in [0, 0.1) is 0 Å². The molecule has 1 fully saturated rings. The summed E-state index contributed by atoms with van der Waals surface area (Å²) in [5.74, 6) is -2.59. The number of imidazole rings is 1. The monoisotopic (exact) mass is 466 g/mol. The highest BCUT2D eigenvalue weighted by atomic mass is 16.7. The maximum absolute atomic E-state index is 12.7. The summed E-state index contributed by atoms with van der Waals surface area (Å²) >= 11 is 0. The first-order chi connectivity index (χ1) is 15.6. The van der Waals surface area contributed by atoms with E-state index in [0.29, 0.717) is 0 Å². The van der Waals surface area contributed by atoms with Gasteiger partial charge in [-0.2, -0.15) is 0 Å². The first kappa shape index (κ1) is 23.8. The Balaban J connectivity index is 2.02. The Morgan fingerprint density at radius 1 is 1.00 bits per heavy atom. The van der Waals surface area contributed by atoms with Crippen LogP contribution in [0.15, 0.2) is 17.4 Å². The van der Waals surface area contributed by atoms with Gasteiger partial charge in [0.15, 0.2) is 29.6 Å². The zero-order valence-electron chi connectivity index (χ0n) is 18.2. The number of carbonyl (C=O) groups excluding carboxylic acids is 4. The van der Waals surface area contributed by atoms with E-state index in [-0.39, 0.29) is 24.3 Å². The molecule has 1 aliphatic rings. The highest BCUT2D eigenvalue weighted by Gasteiger charge is 2.51. The minimum Gasteiger partial charge on any atom is -0.468 e. The molecule has 0 aromatic carbocycles. The number of rotatable bonds is 7. The summed E-state index contributed by atoms with van der Waals surface area (Å²) in [7, 11) is 1.19. The SMILES string of the molecule is COC(=O)Cn1cnc2c(ncn2[C@@H]2O[C@H](COC(C)=O)[C@@H](OC(C)=O)[C@H]2OC(C)=O)c1=O. The molecule has 3 heterocycles. The van der Waals surface area contributed by atoms with Crippen LogP contribution in [-0.2, 0) is 49.4 Å². The molecule has 0 N–H and O–H groups in total. The lowest BCUT2D eigenvalue weighted by Crippen LogP contribution is -2.40. The molecule has 0 unspecified atom stereocenters. The molecule has 2 aromatic heterocycles. The van der Waals surface area contributed by atoms with E-state index in [1.54, 1.807) is 0 Å². The number of ether oxygens (including phenoxy) is 5. The number of hydrogen-bond donors (Lipinski definition) is 0. The Morgan fingerprint density at radius 3 is 2.27 bits per heavy atom. The van der Waals surface area contributed by atoms with E-state index >= 15 is 0 Å². The molecule has 0 spiro atoms. The van der Waals surface area contributed by atoms with Crippen molar-refractivity contribution in [1.82, 2.24) is 19.1 Å². The fraction of sp³-hybridized carbons (Fsp3) is 0.526. The molecular weight excluding hydrogens is 444 g/mol. The maximum Gasteiger partial charge on any atom is 0.325 e. The molecular formula is C19H22N4O10. The topological polar surface area (TPSA) is 167 Å². The van der Waals surface area contributed by atoms with E-state index in [0.717, 1.165) is 17.8 Å². The van der Waals surface area contributed by atoms with Crippen LogP contribution in [0.4, 0.5) is 0 Å². The van der Waals surface area contributed by atoms with Gasteiger partial charge in [0.05, 0.1) is 13.4 Å². The second-order valence-electron chi connectivity index (χ2n) is 7.09. The van der Waals surface area contributed by atoms with Crippen molar-refractivity contribution < 1.29 is 42.9 Å². The lowest BCUT2D eigenvalue weighted by molar-refractivity contribution is -0.166. The lowest BCUT2D eigenvalue weighted by atomic mass is 10.1. The van der Waals surface area contributed by atoms with Crippen molar-refractivity contribution in [3.05, 3.63) is 23.0 Å². The van der Waals surface area contributed by atoms with Gasteiger partial charge in [0.1, 0.15) is 25.6 Å². The Hall–Kier alpha value is -3.81. The van der Waals surface area contributed by atoms with Crippen LogP contribution < -0.4 is 5.56 Å². The second kappa shape index (κ2) is 9.77. The third kappa shape index (κ3) is 5.16. The van der Waals surface area contributed by atoms with Crippen LogP contribution in [0.25, 0.3) is 11.2 Å². The molecule has 3 rings (SSSR count). The summed E-state index contributed by atoms with van der Waals surface area (Å²) in [6, 6.07) is 0. The number of carbonyl (C=O) groups is 4. The molecule has 4 atom stereocenters. The van der Waals surface area contributed by atoms with Crippen LogP contribution in [0.2, 0.25) is 0 Å². The lowest BCUT2D eigenvalue weighted by Gasteiger charge is -2.23. The number of nitrogens with zero attached hydrogens (tertiary/aromatic N) is 4. The summed E-state index contributed by atoms with van der Waals surface area (Å²) in [6.07, 6.45) is -2.01. The van der Waals surface area contributed by atoms with Gasteiger partial charge in [-0.1, -0.05) is 0 Å². The molecule has 0 bridgehead atoms. The minimum atomic E-state index is -1.16. The van der Waals surface area contributed by atoms with Gasteiger partial charge in [0.25, 0.3) is 5.56 Å². The quantitative estimate of drug-likeness (QED) is 0.364. The van der Waals surface area contributed by atoms with Crippen molar-refractivity contribution >= 4 is 35.0 Å². The number of esters is 4. The average molecular weight is 466 g/mol. The van der Waals surface area contributed by atoms with Crippen molar-refractivity contribution in [2.45, 2.75) is 51.9 Å². The molecule has 14 nitrogen and oxygen atoms in total. The molecule has 0 amide bonds. The van der Waals surface area contributed by atoms with Gasteiger partial charge in [0, 0.05) is 20.8 Å². The predicted molar refractivity (Wildman–Crippen MR) is 105 cm³/mol. The highest BCUT2D eigenvalue weighted by Crippen LogP contribution is 2.35. The van der Waals surface area contributed by atoms with Crippen molar-refractivity contribution in [2.24, 2.45) is 0 Å². The van der Waals surface area contributed by atoms with Crippen molar-refractivity contribution in [3.63, 3.8) is 0 Å². The van der Waals surface area contributed by atoms with E-state index in [1.807, 2.05) is 0 Å². The van der Waals surface area contributed by atoms with E-state index in [4.69, 9.17) is 18.9 Å². The predicted octanol–water partition coefficient (Wildman–Crippen LogP) is -0.910. The maximum atomic E-state index is 12.7. The first-order valence-corrected chi connectivity index (χ1v) is 9.74. The molecule has 33 heavy (non-hydrogen) atoms. The zero-order valence-corrected chi connectivity index (χ0v) is 18.2. The molecule has 14 heteroatoms. The van der Waals surface area contributed by atoms with Gasteiger partial charge in [0.2, 0.25) is 0 Å². The molecule has 0 radical (unpaired) electrons. The Kier molecular flexibility index (Phi) is 7.06. The Morgan fingerprint density at radius 2 is 1.67 bits per heavy atom. The number of aromatic nitrogens is 4. The van der Waals surface area contributed by atoms with E-state index < -0.39 is 54.0 Å². The van der Waals surface area contributed by atoms with Crippen LogP contribution >= 0.6 is 0 Å². The van der Waals surface area contributed by atoms with Crippen LogP contribution in [0.3, 0.4) is 0 Å². The van der Waals surface area contributed by atoms with E-state index in [9.17, 15) is 24.0 Å². The van der Waals surface area contributed by atoms with Crippen LogP contribution in [0.5, 0.6) is 0 Å². The van der Waals surface area contributed by atoms with Crippen LogP contribution in [-0.4, -0.2) is 75.0 Å². The standard InChI is InChI=1S/C19H22N4O10/c1-9(24)30-6-12-15(31-10(2)25)16(32-11(3)26)19(33-12)23-8-20-14-17(23)21-7-22(18(14)28)5-13(27)29-4/h7-8,12,15-16,19H,5-6H2,1-4H3/t12-,15-,16-,19-/m1/s1. The smallest absolute Gasteiger partial charge is 0.325 e. The van der Waals surface area contributed by atoms with Gasteiger partial charge in [-0.3, -0.25) is 33.1 Å². The fourth-order valence-electron chi connectivity index (χ4n) is 3.37. The van der Waals surface area contributed by atoms with Gasteiger partial charge >= 0.3 is 23.9 Å². The van der Waals surface area contributed by atoms with Gasteiger partial charge in [-0.05, 0) is 0 Å². The Bertz CT molecular complexity index is 1140. The third-order valence-electron chi connectivity index (χ3n) is 4.69. The molecule has 1 aliphatic heterocycles. The van der Waals surface area contributed by atoms with Crippen LogP contribution in [0.1, 0.15) is 27.0 Å². The van der Waals surface area contributed by atoms with Gasteiger partial charge in [-0.15, -0.1) is 0 Å². The first-order valence-electron chi connectivity index (χ1n) is 9.74. The van der Waals surface area contributed by atoms with Crippen molar-refractivity contribution in [3.8, 4) is 0 Å². The highest BCUT2D eigenvalue weighted by molar-refractivity contribution is 5.72. The average Bonchev–Trinajstić information content (AvgIpc) is 3.30. The Labute approximate surface area is 186 Å². The summed E-state index contributed by atoms with van der Waals surface area (Å²) in [6.45, 7) is 2.88. The molecule has 2 aromatic rings. The summed E-state index contributed by atoms with van der Waals surface area (Å²) in [4.78, 5) is 67.2. The van der Waals surface area contributed by atoms with Crippen molar-refractivity contribution in [2.75, 3.05) is 13.7 Å².